The number of anilines is 2. The summed E-state index contributed by atoms with van der Waals surface area (Å²) in [5.41, 5.74) is 12.0. The van der Waals surface area contributed by atoms with Crippen molar-refractivity contribution in [1.82, 2.24) is 10.4 Å². The van der Waals surface area contributed by atoms with Gasteiger partial charge >= 0.3 is 0 Å². The molecule has 1 unspecified atom stereocenters. The Balaban J connectivity index is 1.86. The molecule has 168 valence electrons. The van der Waals surface area contributed by atoms with Crippen LogP contribution in [0.1, 0.15) is 11.6 Å². The minimum Gasteiger partial charge on any atom is -0.463 e. The predicted octanol–water partition coefficient (Wildman–Crippen LogP) is 4.04. The summed E-state index contributed by atoms with van der Waals surface area (Å²) >= 11 is 0. The quantitative estimate of drug-likeness (QED) is 0.309. The zero-order valence-corrected chi connectivity index (χ0v) is 18.2. The van der Waals surface area contributed by atoms with E-state index in [2.05, 4.69) is 30.5 Å². The summed E-state index contributed by atoms with van der Waals surface area (Å²) in [5, 5.41) is 4.05. The van der Waals surface area contributed by atoms with Gasteiger partial charge in [-0.2, -0.15) is 0 Å². The molecule has 3 rings (SSSR count). The molecule has 0 fully saturated rings. The first-order valence-corrected chi connectivity index (χ1v) is 10.2. The second-order valence-corrected chi connectivity index (χ2v) is 7.12. The predicted molar refractivity (Wildman–Crippen MR) is 131 cm³/mol. The van der Waals surface area contributed by atoms with Crippen molar-refractivity contribution in [3.8, 4) is 5.75 Å². The number of carbonyl (C=O) groups is 2. The molecule has 0 spiro atoms. The number of carbonyl (C=O) groups excluding carboxylic acids is 2. The van der Waals surface area contributed by atoms with Gasteiger partial charge in [-0.25, -0.2) is 5.43 Å². The molecule has 0 saturated heterocycles. The number of benzene rings is 2. The van der Waals surface area contributed by atoms with Crippen molar-refractivity contribution in [2.45, 2.75) is 6.04 Å². The second-order valence-electron chi connectivity index (χ2n) is 7.12. The third kappa shape index (κ3) is 5.47. The lowest BCUT2D eigenvalue weighted by Gasteiger charge is -2.35. The summed E-state index contributed by atoms with van der Waals surface area (Å²) in [6.45, 7) is 10.8. The van der Waals surface area contributed by atoms with Gasteiger partial charge in [0.2, 0.25) is 5.91 Å². The van der Waals surface area contributed by atoms with E-state index >= 15 is 0 Å². The molecule has 2 aromatic rings. The Kier molecular flexibility index (Phi) is 7.62. The van der Waals surface area contributed by atoms with Gasteiger partial charge in [-0.15, -0.1) is 0 Å². The number of ether oxygens (including phenoxy) is 1. The van der Waals surface area contributed by atoms with Crippen LogP contribution in [0.3, 0.4) is 0 Å². The van der Waals surface area contributed by atoms with Crippen LogP contribution in [-0.4, -0.2) is 23.4 Å². The summed E-state index contributed by atoms with van der Waals surface area (Å²) in [6.07, 6.45) is 7.84. The minimum absolute atomic E-state index is 0.222. The van der Waals surface area contributed by atoms with Crippen molar-refractivity contribution >= 4 is 23.2 Å². The molecule has 1 atom stereocenters. The number of hydrogen-bond donors (Lipinski definition) is 3. The first-order chi connectivity index (χ1) is 16.0. The highest BCUT2D eigenvalue weighted by Gasteiger charge is 2.32. The fraction of sp³-hybridized carbons (Fsp3) is 0.0769. The Labute approximate surface area is 193 Å². The Morgan fingerprint density at radius 3 is 2.61 bits per heavy atom. The molecular weight excluding hydrogens is 416 g/mol. The van der Waals surface area contributed by atoms with Crippen molar-refractivity contribution in [2.24, 2.45) is 0 Å². The smallest absolute Gasteiger partial charge is 0.268 e. The zero-order chi connectivity index (χ0) is 23.8. The highest BCUT2D eigenvalue weighted by molar-refractivity contribution is 6.02. The van der Waals surface area contributed by atoms with Gasteiger partial charge in [0.05, 0.1) is 18.0 Å². The third-order valence-corrected chi connectivity index (χ3v) is 4.94. The van der Waals surface area contributed by atoms with Crippen LogP contribution in [-0.2, 0) is 9.59 Å². The molecule has 0 aliphatic carbocycles. The number of nitrogens with one attached hydrogen (secondary N) is 2. The molecular formula is C26H26N4O3. The number of hydrogen-bond acceptors (Lipinski definition) is 5. The van der Waals surface area contributed by atoms with Gasteiger partial charge in [-0.1, -0.05) is 68.3 Å². The van der Waals surface area contributed by atoms with E-state index in [0.717, 1.165) is 5.56 Å². The maximum atomic E-state index is 13.2. The Hall–Kier alpha value is -4.36. The molecule has 7 nitrogen and oxygen atoms in total. The molecule has 4 N–H and O–H groups in total. The lowest BCUT2D eigenvalue weighted by Crippen LogP contribution is -2.52. The molecule has 0 bridgehead atoms. The van der Waals surface area contributed by atoms with Crippen LogP contribution in [0, 0.1) is 0 Å². The summed E-state index contributed by atoms with van der Waals surface area (Å²) in [7, 11) is 0. The van der Waals surface area contributed by atoms with Gasteiger partial charge in [-0.3, -0.25) is 14.6 Å². The number of nitrogens with two attached hydrogens (primary N) is 1. The first kappa shape index (κ1) is 23.3. The minimum atomic E-state index is -0.397. The number of rotatable bonds is 9. The van der Waals surface area contributed by atoms with Crippen LogP contribution in [0.25, 0.3) is 0 Å². The topological polar surface area (TPSA) is 96.7 Å². The van der Waals surface area contributed by atoms with E-state index in [1.807, 2.05) is 30.3 Å². The molecule has 33 heavy (non-hydrogen) atoms. The summed E-state index contributed by atoms with van der Waals surface area (Å²) in [6, 6.07) is 14.1. The lowest BCUT2D eigenvalue weighted by atomic mass is 9.92. The normalized spacial score (nSPS) is 15.9. The van der Waals surface area contributed by atoms with Gasteiger partial charge in [0.1, 0.15) is 6.54 Å². The molecule has 2 amide bonds. The SMILES string of the molecule is C=C/C=C\C1=C(C=C)C(c2ccccc2)NN(CC(=O)Nc2ccc(N)c(OC=C)c2)C1=O. The number of hydrazine groups is 1. The zero-order valence-electron chi connectivity index (χ0n) is 18.2. The number of nitrogen functional groups attached to an aromatic ring is 1. The van der Waals surface area contributed by atoms with E-state index in [4.69, 9.17) is 10.5 Å². The van der Waals surface area contributed by atoms with Gasteiger partial charge < -0.3 is 15.8 Å². The van der Waals surface area contributed by atoms with E-state index < -0.39 is 5.91 Å². The van der Waals surface area contributed by atoms with Crippen LogP contribution in [0.5, 0.6) is 5.75 Å². The average Bonchev–Trinajstić information content (AvgIpc) is 2.82. The molecule has 1 aliphatic rings. The number of amides is 2. The highest BCUT2D eigenvalue weighted by Crippen LogP contribution is 2.31. The highest BCUT2D eigenvalue weighted by atomic mass is 16.5. The first-order valence-electron chi connectivity index (χ1n) is 10.2. The Morgan fingerprint density at radius 2 is 1.94 bits per heavy atom. The monoisotopic (exact) mass is 442 g/mol. The average molecular weight is 443 g/mol. The van der Waals surface area contributed by atoms with Crippen LogP contribution in [0.2, 0.25) is 0 Å². The number of allylic oxidation sites excluding steroid dienone is 2. The van der Waals surface area contributed by atoms with Crippen molar-refractivity contribution in [3.05, 3.63) is 116 Å². The van der Waals surface area contributed by atoms with Gasteiger partial charge in [0.15, 0.2) is 5.75 Å². The van der Waals surface area contributed by atoms with Crippen molar-refractivity contribution in [2.75, 3.05) is 17.6 Å². The lowest BCUT2D eigenvalue weighted by molar-refractivity contribution is -0.135. The van der Waals surface area contributed by atoms with E-state index in [1.54, 1.807) is 42.5 Å². The van der Waals surface area contributed by atoms with Crippen LogP contribution in [0.4, 0.5) is 11.4 Å². The van der Waals surface area contributed by atoms with E-state index in [0.29, 0.717) is 28.3 Å². The van der Waals surface area contributed by atoms with Crippen LogP contribution in [0.15, 0.2) is 110 Å². The van der Waals surface area contributed by atoms with Crippen LogP contribution >= 0.6 is 0 Å². The Bertz CT molecular complexity index is 1140. The fourth-order valence-electron chi connectivity index (χ4n) is 3.43. The molecule has 1 aliphatic heterocycles. The summed E-state index contributed by atoms with van der Waals surface area (Å²) in [4.78, 5) is 26.0. The largest absolute Gasteiger partial charge is 0.463 e. The maximum Gasteiger partial charge on any atom is 0.268 e. The van der Waals surface area contributed by atoms with Crippen molar-refractivity contribution < 1.29 is 14.3 Å². The van der Waals surface area contributed by atoms with Gasteiger partial charge in [0, 0.05) is 17.3 Å². The molecule has 0 saturated carbocycles. The molecule has 0 radical (unpaired) electrons. The molecule has 7 heteroatoms. The molecule has 2 aromatic carbocycles. The van der Waals surface area contributed by atoms with E-state index in [1.165, 1.54) is 11.3 Å². The third-order valence-electron chi connectivity index (χ3n) is 4.94. The van der Waals surface area contributed by atoms with Crippen molar-refractivity contribution in [3.63, 3.8) is 0 Å². The summed E-state index contributed by atoms with van der Waals surface area (Å²) < 4.78 is 5.24. The molecule has 0 aromatic heterocycles. The van der Waals surface area contributed by atoms with Gasteiger partial charge in [-0.05, 0) is 29.3 Å². The van der Waals surface area contributed by atoms with E-state index in [9.17, 15) is 9.59 Å². The Morgan fingerprint density at radius 1 is 1.18 bits per heavy atom. The number of nitrogens with zero attached hydrogens (tertiary/aromatic N) is 1. The molecule has 1 heterocycles. The second kappa shape index (κ2) is 10.8. The maximum absolute atomic E-state index is 13.2. The van der Waals surface area contributed by atoms with Crippen molar-refractivity contribution in [1.29, 1.82) is 0 Å². The van der Waals surface area contributed by atoms with E-state index in [-0.39, 0.29) is 18.5 Å². The van der Waals surface area contributed by atoms with Gasteiger partial charge in [0.25, 0.3) is 5.91 Å². The fourth-order valence-corrected chi connectivity index (χ4v) is 3.43. The summed E-state index contributed by atoms with van der Waals surface area (Å²) in [5.74, 6) is -0.376. The van der Waals surface area contributed by atoms with Crippen LogP contribution < -0.4 is 21.2 Å². The standard InChI is InChI=1S/C26H26N4O3/c1-4-7-13-21-20(5-2)25(18-11-9-8-10-12-18)29-30(26(21)32)17-24(31)28-19-14-15-22(27)23(16-19)33-6-3/h4-16,25,29H,1-3,17,27H2,(H,28,31)/b13-7-.